The number of nitro benzene ring substituents is 1. The largest absolute Gasteiger partial charge is 0.480 e. The molecule has 0 aliphatic rings. The molecule has 1 aromatic heterocycles. The second-order valence-electron chi connectivity index (χ2n) is 6.16. The molecule has 0 radical (unpaired) electrons. The van der Waals surface area contributed by atoms with Crippen LogP contribution in [0.25, 0.3) is 0 Å². The molecule has 0 atom stereocenters. The number of aromatic nitrogens is 2. The third-order valence-corrected chi connectivity index (χ3v) is 3.81. The number of nitrogens with zero attached hydrogens (tertiary/aromatic N) is 3. The van der Waals surface area contributed by atoms with Gasteiger partial charge in [-0.1, -0.05) is 17.7 Å². The Kier molecular flexibility index (Phi) is 5.54. The zero-order valence-electron chi connectivity index (χ0n) is 15.2. The SMILES string of the molecule is Cc1ccc(Oc2cc(NC(=O)c3cnn(CC(=O)O)c3)cc([N+](=O)[O-])c2)cc1. The molecular formula is C19H16N4O6. The van der Waals surface area contributed by atoms with Gasteiger partial charge in [-0.05, 0) is 19.1 Å². The Labute approximate surface area is 164 Å². The van der Waals surface area contributed by atoms with E-state index < -0.39 is 23.3 Å². The van der Waals surface area contributed by atoms with Gasteiger partial charge in [0.25, 0.3) is 11.6 Å². The summed E-state index contributed by atoms with van der Waals surface area (Å²) in [5.74, 6) is -1.02. The highest BCUT2D eigenvalue weighted by Gasteiger charge is 2.15. The maximum Gasteiger partial charge on any atom is 0.325 e. The predicted molar refractivity (Wildman–Crippen MR) is 102 cm³/mol. The van der Waals surface area contributed by atoms with E-state index >= 15 is 0 Å². The molecule has 1 heterocycles. The summed E-state index contributed by atoms with van der Waals surface area (Å²) >= 11 is 0. The lowest BCUT2D eigenvalue weighted by atomic mass is 10.2. The molecule has 0 saturated carbocycles. The molecule has 2 aromatic carbocycles. The quantitative estimate of drug-likeness (QED) is 0.462. The Balaban J connectivity index is 1.82. The molecule has 3 rings (SSSR count). The maximum absolute atomic E-state index is 12.4. The lowest BCUT2D eigenvalue weighted by Crippen LogP contribution is -2.12. The van der Waals surface area contributed by atoms with Crippen LogP contribution in [-0.2, 0) is 11.3 Å². The highest BCUT2D eigenvalue weighted by atomic mass is 16.6. The monoisotopic (exact) mass is 396 g/mol. The van der Waals surface area contributed by atoms with Gasteiger partial charge in [0.05, 0.1) is 28.4 Å². The van der Waals surface area contributed by atoms with Crippen LogP contribution in [0.3, 0.4) is 0 Å². The number of carboxylic acid groups (broad SMARTS) is 1. The molecule has 3 aromatic rings. The number of carbonyl (C=O) groups excluding carboxylic acids is 1. The Morgan fingerprint density at radius 3 is 2.59 bits per heavy atom. The van der Waals surface area contributed by atoms with Crippen molar-refractivity contribution in [2.24, 2.45) is 0 Å². The summed E-state index contributed by atoms with van der Waals surface area (Å²) in [7, 11) is 0. The van der Waals surface area contributed by atoms with Crippen LogP contribution >= 0.6 is 0 Å². The molecule has 0 spiro atoms. The van der Waals surface area contributed by atoms with Crippen molar-refractivity contribution in [1.82, 2.24) is 9.78 Å². The van der Waals surface area contributed by atoms with Crippen LogP contribution in [-0.4, -0.2) is 31.7 Å². The fourth-order valence-electron chi connectivity index (χ4n) is 2.47. The van der Waals surface area contributed by atoms with E-state index in [9.17, 15) is 19.7 Å². The number of carboxylic acids is 1. The van der Waals surface area contributed by atoms with Crippen molar-refractivity contribution in [3.05, 3.63) is 76.1 Å². The van der Waals surface area contributed by atoms with E-state index in [0.29, 0.717) is 5.75 Å². The molecule has 2 N–H and O–H groups in total. The molecule has 0 unspecified atom stereocenters. The van der Waals surface area contributed by atoms with E-state index in [2.05, 4.69) is 10.4 Å². The second kappa shape index (κ2) is 8.21. The number of aryl methyl sites for hydroxylation is 1. The number of ether oxygens (including phenoxy) is 1. The average Bonchev–Trinajstić information content (AvgIpc) is 3.11. The van der Waals surface area contributed by atoms with Crippen molar-refractivity contribution in [2.45, 2.75) is 13.5 Å². The third-order valence-electron chi connectivity index (χ3n) is 3.81. The molecule has 29 heavy (non-hydrogen) atoms. The van der Waals surface area contributed by atoms with E-state index in [-0.39, 0.29) is 22.7 Å². The number of amides is 1. The maximum atomic E-state index is 12.4. The molecule has 0 saturated heterocycles. The Bertz CT molecular complexity index is 1070. The Morgan fingerprint density at radius 2 is 1.93 bits per heavy atom. The first-order chi connectivity index (χ1) is 13.8. The molecule has 0 aliphatic carbocycles. The van der Waals surface area contributed by atoms with Crippen LogP contribution < -0.4 is 10.1 Å². The van der Waals surface area contributed by atoms with E-state index in [1.165, 1.54) is 30.6 Å². The summed E-state index contributed by atoms with van der Waals surface area (Å²) in [6.07, 6.45) is 2.48. The fourth-order valence-corrected chi connectivity index (χ4v) is 2.47. The van der Waals surface area contributed by atoms with Crippen LogP contribution in [0.15, 0.2) is 54.9 Å². The second-order valence-corrected chi connectivity index (χ2v) is 6.16. The number of nitrogens with one attached hydrogen (secondary N) is 1. The minimum absolute atomic E-state index is 0.110. The molecule has 148 valence electrons. The minimum atomic E-state index is -1.10. The van der Waals surface area contributed by atoms with Gasteiger partial charge >= 0.3 is 5.97 Å². The summed E-state index contributed by atoms with van der Waals surface area (Å²) in [6.45, 7) is 1.53. The molecular weight excluding hydrogens is 380 g/mol. The van der Waals surface area contributed by atoms with Gasteiger partial charge in [0.1, 0.15) is 18.0 Å². The number of rotatable bonds is 7. The van der Waals surface area contributed by atoms with Gasteiger partial charge in [-0.25, -0.2) is 0 Å². The van der Waals surface area contributed by atoms with Gasteiger partial charge in [0.15, 0.2) is 0 Å². The van der Waals surface area contributed by atoms with Gasteiger partial charge < -0.3 is 15.2 Å². The number of aliphatic carboxylic acids is 1. The van der Waals surface area contributed by atoms with E-state index in [0.717, 1.165) is 10.2 Å². The first-order valence-electron chi connectivity index (χ1n) is 8.40. The van der Waals surface area contributed by atoms with Gasteiger partial charge in [-0.15, -0.1) is 0 Å². The summed E-state index contributed by atoms with van der Waals surface area (Å²) in [4.78, 5) is 33.7. The number of hydrogen-bond donors (Lipinski definition) is 2. The normalized spacial score (nSPS) is 10.4. The fraction of sp³-hybridized carbons (Fsp3) is 0.105. The highest BCUT2D eigenvalue weighted by Crippen LogP contribution is 2.30. The Morgan fingerprint density at radius 1 is 1.21 bits per heavy atom. The molecule has 10 heteroatoms. The number of nitro groups is 1. The van der Waals surface area contributed by atoms with Crippen molar-refractivity contribution in [2.75, 3.05) is 5.32 Å². The molecule has 10 nitrogen and oxygen atoms in total. The minimum Gasteiger partial charge on any atom is -0.480 e. The first-order valence-corrected chi connectivity index (χ1v) is 8.40. The van der Waals surface area contributed by atoms with Crippen LogP contribution in [0.4, 0.5) is 11.4 Å². The van der Waals surface area contributed by atoms with E-state index in [1.54, 1.807) is 12.1 Å². The highest BCUT2D eigenvalue weighted by molar-refractivity contribution is 6.04. The molecule has 1 amide bonds. The van der Waals surface area contributed by atoms with Crippen molar-refractivity contribution in [3.63, 3.8) is 0 Å². The van der Waals surface area contributed by atoms with E-state index in [1.807, 2.05) is 19.1 Å². The lowest BCUT2D eigenvalue weighted by molar-refractivity contribution is -0.384. The standard InChI is InChI=1S/C19H16N4O6/c1-12-2-4-16(5-3-12)29-17-7-14(6-15(8-17)23(27)28)21-19(26)13-9-20-22(10-13)11-18(24)25/h2-10H,11H2,1H3,(H,21,26)(H,24,25). The number of anilines is 1. The smallest absolute Gasteiger partial charge is 0.325 e. The number of non-ortho nitro benzene ring substituents is 1. The van der Waals surface area contributed by atoms with Gasteiger partial charge in [-0.2, -0.15) is 5.10 Å². The van der Waals surface area contributed by atoms with Crippen LogP contribution in [0.5, 0.6) is 11.5 Å². The van der Waals surface area contributed by atoms with E-state index in [4.69, 9.17) is 9.84 Å². The lowest BCUT2D eigenvalue weighted by Gasteiger charge is -2.09. The van der Waals surface area contributed by atoms with Crippen LogP contribution in [0.2, 0.25) is 0 Å². The van der Waals surface area contributed by atoms with Crippen molar-refractivity contribution in [1.29, 1.82) is 0 Å². The van der Waals surface area contributed by atoms with Crippen molar-refractivity contribution < 1.29 is 24.4 Å². The number of hydrogen-bond acceptors (Lipinski definition) is 6. The van der Waals surface area contributed by atoms with Crippen molar-refractivity contribution in [3.8, 4) is 11.5 Å². The van der Waals surface area contributed by atoms with Crippen LogP contribution in [0, 0.1) is 17.0 Å². The molecule has 0 fully saturated rings. The van der Waals surface area contributed by atoms with Crippen LogP contribution in [0.1, 0.15) is 15.9 Å². The van der Waals surface area contributed by atoms with Gasteiger partial charge in [-0.3, -0.25) is 24.4 Å². The number of carbonyl (C=O) groups is 2. The topological polar surface area (TPSA) is 137 Å². The summed E-state index contributed by atoms with van der Waals surface area (Å²) < 4.78 is 6.76. The molecule has 0 aliphatic heterocycles. The summed E-state index contributed by atoms with van der Waals surface area (Å²) in [6, 6.07) is 11.0. The summed E-state index contributed by atoms with van der Waals surface area (Å²) in [5, 5.41) is 26.3. The molecule has 0 bridgehead atoms. The van der Waals surface area contributed by atoms with Gasteiger partial charge in [0, 0.05) is 18.3 Å². The van der Waals surface area contributed by atoms with Gasteiger partial charge in [0.2, 0.25) is 0 Å². The zero-order chi connectivity index (χ0) is 21.0. The average molecular weight is 396 g/mol. The third kappa shape index (κ3) is 5.16. The van der Waals surface area contributed by atoms with Crippen molar-refractivity contribution >= 4 is 23.3 Å². The first kappa shape index (κ1) is 19.5. The predicted octanol–water partition coefficient (Wildman–Crippen LogP) is 3.23. The summed E-state index contributed by atoms with van der Waals surface area (Å²) in [5.41, 5.74) is 1.04. The number of benzene rings is 2. The Hall–Kier alpha value is -4.21. The zero-order valence-corrected chi connectivity index (χ0v) is 15.2.